The number of amides is 1. The van der Waals surface area contributed by atoms with E-state index in [2.05, 4.69) is 11.9 Å². The predicted molar refractivity (Wildman–Crippen MR) is 85.1 cm³/mol. The van der Waals surface area contributed by atoms with Crippen LogP contribution >= 0.6 is 11.8 Å². The summed E-state index contributed by atoms with van der Waals surface area (Å²) in [6.07, 6.45) is 7.34. The molecule has 118 valence electrons. The first-order valence-corrected chi connectivity index (χ1v) is 8.77. The van der Waals surface area contributed by atoms with Crippen molar-refractivity contribution < 1.29 is 9.90 Å². The number of nitrogens with zero attached hydrogens (tertiary/aromatic N) is 3. The van der Waals surface area contributed by atoms with Gasteiger partial charge in [-0.2, -0.15) is 11.8 Å². The zero-order valence-electron chi connectivity index (χ0n) is 13.0. The van der Waals surface area contributed by atoms with Crippen LogP contribution in [0.5, 0.6) is 0 Å². The van der Waals surface area contributed by atoms with Crippen molar-refractivity contribution in [1.29, 1.82) is 0 Å². The maximum absolute atomic E-state index is 12.2. The first kappa shape index (κ1) is 16.4. The van der Waals surface area contributed by atoms with Gasteiger partial charge in [0, 0.05) is 44.2 Å². The Morgan fingerprint density at radius 3 is 2.71 bits per heavy atom. The van der Waals surface area contributed by atoms with E-state index in [0.29, 0.717) is 11.7 Å². The number of rotatable bonds is 5. The lowest BCUT2D eigenvalue weighted by Crippen LogP contribution is -2.40. The van der Waals surface area contributed by atoms with E-state index < -0.39 is 6.10 Å². The molecule has 1 aromatic heterocycles. The van der Waals surface area contributed by atoms with Crippen LogP contribution in [0.25, 0.3) is 0 Å². The summed E-state index contributed by atoms with van der Waals surface area (Å²) in [7, 11) is 1.90. The van der Waals surface area contributed by atoms with Crippen LogP contribution in [0.3, 0.4) is 0 Å². The summed E-state index contributed by atoms with van der Waals surface area (Å²) in [4.78, 5) is 18.3. The second-order valence-electron chi connectivity index (χ2n) is 5.81. The highest BCUT2D eigenvalue weighted by molar-refractivity contribution is 7.99. The van der Waals surface area contributed by atoms with Crippen molar-refractivity contribution >= 4 is 17.7 Å². The van der Waals surface area contributed by atoms with Gasteiger partial charge in [0.2, 0.25) is 5.91 Å². The van der Waals surface area contributed by atoms with Crippen molar-refractivity contribution in [2.45, 2.75) is 37.5 Å². The first-order valence-electron chi connectivity index (χ1n) is 7.48. The van der Waals surface area contributed by atoms with Gasteiger partial charge in [0.15, 0.2) is 0 Å². The zero-order chi connectivity index (χ0) is 15.4. The van der Waals surface area contributed by atoms with Gasteiger partial charge in [-0.25, -0.2) is 4.98 Å². The molecule has 0 aromatic carbocycles. The first-order chi connectivity index (χ1) is 10.0. The molecule has 1 aliphatic rings. The Bertz CT molecular complexity index is 469. The third kappa shape index (κ3) is 4.01. The summed E-state index contributed by atoms with van der Waals surface area (Å²) in [5, 5.41) is 10.8. The van der Waals surface area contributed by atoms with Gasteiger partial charge in [-0.3, -0.25) is 4.79 Å². The minimum Gasteiger partial charge on any atom is -0.385 e. The summed E-state index contributed by atoms with van der Waals surface area (Å²) in [6, 6.07) is 0. The third-order valence-electron chi connectivity index (χ3n) is 4.33. The fourth-order valence-electron chi connectivity index (χ4n) is 2.80. The topological polar surface area (TPSA) is 58.4 Å². The SMILES string of the molecule is CSC(C)CC(=O)N1CCC(C(O)c2nccn2C)CC1. The average Bonchev–Trinajstić information content (AvgIpc) is 2.92. The van der Waals surface area contributed by atoms with E-state index in [1.54, 1.807) is 18.0 Å². The number of carbonyl (C=O) groups excluding carboxylic acids is 1. The van der Waals surface area contributed by atoms with Gasteiger partial charge < -0.3 is 14.6 Å². The quantitative estimate of drug-likeness (QED) is 0.901. The average molecular weight is 311 g/mol. The fourth-order valence-corrected chi connectivity index (χ4v) is 3.11. The van der Waals surface area contributed by atoms with Crippen molar-refractivity contribution in [1.82, 2.24) is 14.5 Å². The van der Waals surface area contributed by atoms with E-state index in [-0.39, 0.29) is 11.8 Å². The molecule has 1 N–H and O–H groups in total. The van der Waals surface area contributed by atoms with Crippen LogP contribution in [-0.2, 0) is 11.8 Å². The molecular weight excluding hydrogens is 286 g/mol. The van der Waals surface area contributed by atoms with Crippen molar-refractivity contribution in [2.24, 2.45) is 13.0 Å². The summed E-state index contributed by atoms with van der Waals surface area (Å²) < 4.78 is 1.86. The number of piperidine rings is 1. The van der Waals surface area contributed by atoms with Gasteiger partial charge in [0.1, 0.15) is 11.9 Å². The van der Waals surface area contributed by atoms with Gasteiger partial charge in [-0.15, -0.1) is 0 Å². The predicted octanol–water partition coefficient (Wildman–Crippen LogP) is 1.83. The largest absolute Gasteiger partial charge is 0.385 e. The standard InChI is InChI=1S/C15H25N3O2S/c1-11(21-3)10-13(19)18-7-4-12(5-8-18)14(20)15-16-6-9-17(15)2/h6,9,11-12,14,20H,4-5,7-8,10H2,1-3H3. The Morgan fingerprint density at radius 1 is 1.52 bits per heavy atom. The fraction of sp³-hybridized carbons (Fsp3) is 0.733. The normalized spacial score (nSPS) is 19.5. The van der Waals surface area contributed by atoms with Crippen LogP contribution in [0.15, 0.2) is 12.4 Å². The molecule has 1 fully saturated rings. The molecule has 2 heterocycles. The Kier molecular flexibility index (Phi) is 5.70. The number of thioether (sulfide) groups is 1. The highest BCUT2D eigenvalue weighted by atomic mass is 32.2. The molecule has 6 heteroatoms. The highest BCUT2D eigenvalue weighted by Crippen LogP contribution is 2.30. The van der Waals surface area contributed by atoms with Gasteiger partial charge in [0.25, 0.3) is 0 Å². The lowest BCUT2D eigenvalue weighted by molar-refractivity contribution is -0.133. The van der Waals surface area contributed by atoms with Gasteiger partial charge in [-0.1, -0.05) is 6.92 Å². The molecular formula is C15H25N3O2S. The second kappa shape index (κ2) is 7.31. The van der Waals surface area contributed by atoms with Crippen LogP contribution in [0.4, 0.5) is 0 Å². The van der Waals surface area contributed by atoms with E-state index >= 15 is 0 Å². The number of likely N-dealkylation sites (tertiary alicyclic amines) is 1. The van der Waals surface area contributed by atoms with Crippen LogP contribution < -0.4 is 0 Å². The third-order valence-corrected chi connectivity index (χ3v) is 5.30. The van der Waals surface area contributed by atoms with Crippen molar-refractivity contribution in [2.75, 3.05) is 19.3 Å². The van der Waals surface area contributed by atoms with Crippen LogP contribution in [0.2, 0.25) is 0 Å². The molecule has 21 heavy (non-hydrogen) atoms. The summed E-state index contributed by atoms with van der Waals surface area (Å²) >= 11 is 1.72. The number of hydrogen-bond acceptors (Lipinski definition) is 4. The molecule has 1 aromatic rings. The minimum atomic E-state index is -0.535. The lowest BCUT2D eigenvalue weighted by atomic mass is 9.90. The number of aliphatic hydroxyl groups is 1. The number of aryl methyl sites for hydroxylation is 1. The second-order valence-corrected chi connectivity index (χ2v) is 7.09. The highest BCUT2D eigenvalue weighted by Gasteiger charge is 2.30. The molecule has 1 saturated heterocycles. The maximum Gasteiger partial charge on any atom is 0.223 e. The van der Waals surface area contributed by atoms with Crippen LogP contribution in [-0.4, -0.2) is 50.1 Å². The van der Waals surface area contributed by atoms with E-state index in [0.717, 1.165) is 31.8 Å². The number of aromatic nitrogens is 2. The van der Waals surface area contributed by atoms with E-state index in [4.69, 9.17) is 0 Å². The lowest BCUT2D eigenvalue weighted by Gasteiger charge is -2.34. The molecule has 2 unspecified atom stereocenters. The molecule has 1 aliphatic heterocycles. The zero-order valence-corrected chi connectivity index (χ0v) is 13.8. The molecule has 0 spiro atoms. The summed E-state index contributed by atoms with van der Waals surface area (Å²) in [5.41, 5.74) is 0. The Hall–Kier alpha value is -1.01. The molecule has 0 bridgehead atoms. The minimum absolute atomic E-state index is 0.188. The Balaban J connectivity index is 1.86. The smallest absolute Gasteiger partial charge is 0.223 e. The molecule has 2 rings (SSSR count). The monoisotopic (exact) mass is 311 g/mol. The van der Waals surface area contributed by atoms with Crippen molar-refractivity contribution in [3.8, 4) is 0 Å². The molecule has 0 saturated carbocycles. The number of aliphatic hydroxyl groups excluding tert-OH is 1. The van der Waals surface area contributed by atoms with E-state index in [9.17, 15) is 9.90 Å². The van der Waals surface area contributed by atoms with Crippen molar-refractivity contribution in [3.63, 3.8) is 0 Å². The number of hydrogen-bond donors (Lipinski definition) is 1. The molecule has 0 aliphatic carbocycles. The van der Waals surface area contributed by atoms with Gasteiger partial charge >= 0.3 is 0 Å². The van der Waals surface area contributed by atoms with Crippen LogP contribution in [0.1, 0.15) is 38.1 Å². The molecule has 2 atom stereocenters. The summed E-state index contributed by atoms with van der Waals surface area (Å²) in [5.74, 6) is 1.14. The Labute approximate surface area is 130 Å². The number of imidazole rings is 1. The molecule has 5 nitrogen and oxygen atoms in total. The number of carbonyl (C=O) groups is 1. The van der Waals surface area contributed by atoms with E-state index in [1.165, 1.54) is 0 Å². The van der Waals surface area contributed by atoms with Crippen LogP contribution in [0, 0.1) is 5.92 Å². The van der Waals surface area contributed by atoms with Gasteiger partial charge in [0.05, 0.1) is 0 Å². The summed E-state index contributed by atoms with van der Waals surface area (Å²) in [6.45, 7) is 3.57. The van der Waals surface area contributed by atoms with E-state index in [1.807, 2.05) is 29.0 Å². The van der Waals surface area contributed by atoms with Gasteiger partial charge in [-0.05, 0) is 25.0 Å². The maximum atomic E-state index is 12.2. The molecule has 1 amide bonds. The van der Waals surface area contributed by atoms with Crippen molar-refractivity contribution in [3.05, 3.63) is 18.2 Å². The molecule has 0 radical (unpaired) electrons. The Morgan fingerprint density at radius 2 is 2.19 bits per heavy atom.